The first-order chi connectivity index (χ1) is 9.24. The third kappa shape index (κ3) is 2.60. The maximum Gasteiger partial charge on any atom is 0.223 e. The zero-order chi connectivity index (χ0) is 13.2. The lowest BCUT2D eigenvalue weighted by Gasteiger charge is -2.16. The number of anilines is 2. The molecule has 1 saturated carbocycles. The molecule has 0 atom stereocenters. The Morgan fingerprint density at radius 3 is 2.89 bits per heavy atom. The van der Waals surface area contributed by atoms with Gasteiger partial charge in [0.2, 0.25) is 5.91 Å². The number of fused-ring (bicyclic) bond motifs is 1. The molecule has 0 aromatic heterocycles. The lowest BCUT2D eigenvalue weighted by Crippen LogP contribution is -2.25. The first-order valence-electron chi connectivity index (χ1n) is 7.39. The van der Waals surface area contributed by atoms with Gasteiger partial charge in [-0.05, 0) is 48.9 Å². The van der Waals surface area contributed by atoms with E-state index >= 15 is 0 Å². The van der Waals surface area contributed by atoms with Crippen LogP contribution in [0.15, 0.2) is 18.2 Å². The Morgan fingerprint density at radius 1 is 1.37 bits per heavy atom. The van der Waals surface area contributed by atoms with E-state index in [1.165, 1.54) is 36.9 Å². The number of hydrogen-bond donors (Lipinski definition) is 1. The lowest BCUT2D eigenvalue weighted by molar-refractivity contribution is -0.116. The largest absolute Gasteiger partial charge is 0.385 e. The highest BCUT2D eigenvalue weighted by atomic mass is 16.2. The monoisotopic (exact) mass is 258 g/mol. The molecule has 0 unspecified atom stereocenters. The molecule has 1 heterocycles. The number of nitrogens with zero attached hydrogens (tertiary/aromatic N) is 1. The second-order valence-electron chi connectivity index (χ2n) is 5.80. The van der Waals surface area contributed by atoms with Gasteiger partial charge in [0.1, 0.15) is 0 Å². The first kappa shape index (κ1) is 12.5. The molecule has 0 bridgehead atoms. The van der Waals surface area contributed by atoms with Crippen LogP contribution in [0.3, 0.4) is 0 Å². The number of amides is 1. The zero-order valence-electron chi connectivity index (χ0n) is 11.6. The van der Waals surface area contributed by atoms with Crippen LogP contribution in [0.25, 0.3) is 0 Å². The SMILES string of the molecule is CC(=O)N1CCc2cc(NCC3CCCC3)ccc21. The van der Waals surface area contributed by atoms with E-state index in [9.17, 15) is 4.79 Å². The van der Waals surface area contributed by atoms with Gasteiger partial charge in [-0.3, -0.25) is 4.79 Å². The molecule has 1 fully saturated rings. The summed E-state index contributed by atoms with van der Waals surface area (Å²) in [7, 11) is 0. The Morgan fingerprint density at radius 2 is 2.16 bits per heavy atom. The molecule has 3 rings (SSSR count). The molecule has 102 valence electrons. The van der Waals surface area contributed by atoms with Crippen LogP contribution >= 0.6 is 0 Å². The van der Waals surface area contributed by atoms with E-state index in [1.807, 2.05) is 4.90 Å². The summed E-state index contributed by atoms with van der Waals surface area (Å²) in [6, 6.07) is 6.41. The second-order valence-corrected chi connectivity index (χ2v) is 5.80. The number of nitrogens with one attached hydrogen (secondary N) is 1. The number of hydrogen-bond acceptors (Lipinski definition) is 2. The summed E-state index contributed by atoms with van der Waals surface area (Å²) in [6.45, 7) is 3.56. The van der Waals surface area contributed by atoms with E-state index in [0.29, 0.717) is 0 Å². The summed E-state index contributed by atoms with van der Waals surface area (Å²) < 4.78 is 0. The van der Waals surface area contributed by atoms with Gasteiger partial charge < -0.3 is 10.2 Å². The maximum absolute atomic E-state index is 11.5. The van der Waals surface area contributed by atoms with Crippen LogP contribution in [0.2, 0.25) is 0 Å². The molecular formula is C16H22N2O. The molecule has 1 aromatic carbocycles. The predicted molar refractivity (Wildman–Crippen MR) is 78.6 cm³/mol. The Balaban J connectivity index is 1.66. The molecule has 1 amide bonds. The van der Waals surface area contributed by atoms with Crippen LogP contribution in [0, 0.1) is 5.92 Å². The van der Waals surface area contributed by atoms with Crippen molar-refractivity contribution >= 4 is 17.3 Å². The average molecular weight is 258 g/mol. The topological polar surface area (TPSA) is 32.3 Å². The first-order valence-corrected chi connectivity index (χ1v) is 7.39. The average Bonchev–Trinajstić information content (AvgIpc) is 3.05. The van der Waals surface area contributed by atoms with Crippen LogP contribution in [0.4, 0.5) is 11.4 Å². The molecule has 0 spiro atoms. The van der Waals surface area contributed by atoms with E-state index in [0.717, 1.165) is 31.1 Å². The minimum Gasteiger partial charge on any atom is -0.385 e. The van der Waals surface area contributed by atoms with Crippen molar-refractivity contribution in [2.75, 3.05) is 23.3 Å². The molecule has 2 aliphatic rings. The van der Waals surface area contributed by atoms with Gasteiger partial charge in [-0.1, -0.05) is 12.8 Å². The van der Waals surface area contributed by atoms with Gasteiger partial charge in [0.15, 0.2) is 0 Å². The Bertz CT molecular complexity index is 478. The van der Waals surface area contributed by atoms with Gasteiger partial charge in [0.25, 0.3) is 0 Å². The molecular weight excluding hydrogens is 236 g/mol. The Kier molecular flexibility index (Phi) is 3.45. The smallest absolute Gasteiger partial charge is 0.223 e. The maximum atomic E-state index is 11.5. The van der Waals surface area contributed by atoms with Crippen LogP contribution in [-0.4, -0.2) is 19.0 Å². The van der Waals surface area contributed by atoms with Crippen LogP contribution in [0.1, 0.15) is 38.2 Å². The van der Waals surface area contributed by atoms with Gasteiger partial charge in [0.05, 0.1) is 0 Å². The molecule has 19 heavy (non-hydrogen) atoms. The van der Waals surface area contributed by atoms with Crippen molar-refractivity contribution in [3.05, 3.63) is 23.8 Å². The fraction of sp³-hybridized carbons (Fsp3) is 0.562. The molecule has 0 saturated heterocycles. The zero-order valence-corrected chi connectivity index (χ0v) is 11.6. The standard InChI is InChI=1S/C16H22N2O/c1-12(19)18-9-8-14-10-15(6-7-16(14)18)17-11-13-4-2-3-5-13/h6-7,10,13,17H,2-5,8-9,11H2,1H3. The number of benzene rings is 1. The van der Waals surface area contributed by atoms with Gasteiger partial charge in [0, 0.05) is 31.4 Å². The minimum absolute atomic E-state index is 0.144. The Hall–Kier alpha value is -1.51. The van der Waals surface area contributed by atoms with Crippen molar-refractivity contribution in [3.8, 4) is 0 Å². The van der Waals surface area contributed by atoms with Crippen molar-refractivity contribution in [1.82, 2.24) is 0 Å². The molecule has 1 aromatic rings. The minimum atomic E-state index is 0.144. The second kappa shape index (κ2) is 5.24. The summed E-state index contributed by atoms with van der Waals surface area (Å²) in [5, 5.41) is 3.56. The highest BCUT2D eigenvalue weighted by molar-refractivity contribution is 5.94. The highest BCUT2D eigenvalue weighted by Gasteiger charge is 2.22. The van der Waals surface area contributed by atoms with E-state index in [1.54, 1.807) is 6.92 Å². The van der Waals surface area contributed by atoms with E-state index in [4.69, 9.17) is 0 Å². The van der Waals surface area contributed by atoms with Crippen molar-refractivity contribution in [3.63, 3.8) is 0 Å². The number of carbonyl (C=O) groups is 1. The summed E-state index contributed by atoms with van der Waals surface area (Å²) in [4.78, 5) is 13.4. The van der Waals surface area contributed by atoms with Crippen LogP contribution in [0.5, 0.6) is 0 Å². The molecule has 1 aliphatic carbocycles. The van der Waals surface area contributed by atoms with Crippen molar-refractivity contribution in [1.29, 1.82) is 0 Å². The van der Waals surface area contributed by atoms with Gasteiger partial charge in [-0.25, -0.2) is 0 Å². The predicted octanol–water partition coefficient (Wildman–Crippen LogP) is 3.20. The number of rotatable bonds is 3. The van der Waals surface area contributed by atoms with Gasteiger partial charge >= 0.3 is 0 Å². The lowest BCUT2D eigenvalue weighted by atomic mass is 10.1. The van der Waals surface area contributed by atoms with Crippen molar-refractivity contribution in [2.45, 2.75) is 39.0 Å². The third-order valence-electron chi connectivity index (χ3n) is 4.42. The summed E-state index contributed by atoms with van der Waals surface area (Å²) in [5.41, 5.74) is 3.60. The molecule has 1 aliphatic heterocycles. The van der Waals surface area contributed by atoms with E-state index < -0.39 is 0 Å². The van der Waals surface area contributed by atoms with Crippen LogP contribution in [-0.2, 0) is 11.2 Å². The number of carbonyl (C=O) groups excluding carboxylic acids is 1. The van der Waals surface area contributed by atoms with Gasteiger partial charge in [-0.15, -0.1) is 0 Å². The molecule has 3 nitrogen and oxygen atoms in total. The third-order valence-corrected chi connectivity index (χ3v) is 4.42. The Labute approximate surface area is 115 Å². The summed E-state index contributed by atoms with van der Waals surface area (Å²) in [5.74, 6) is 0.993. The van der Waals surface area contributed by atoms with E-state index in [-0.39, 0.29) is 5.91 Å². The normalized spacial score (nSPS) is 18.7. The fourth-order valence-corrected chi connectivity index (χ4v) is 3.32. The van der Waals surface area contributed by atoms with Crippen LogP contribution < -0.4 is 10.2 Å². The highest BCUT2D eigenvalue weighted by Crippen LogP contribution is 2.31. The quantitative estimate of drug-likeness (QED) is 0.903. The molecule has 3 heteroatoms. The van der Waals surface area contributed by atoms with E-state index in [2.05, 4.69) is 23.5 Å². The summed E-state index contributed by atoms with van der Waals surface area (Å²) >= 11 is 0. The summed E-state index contributed by atoms with van der Waals surface area (Å²) in [6.07, 6.45) is 6.51. The van der Waals surface area contributed by atoms with Crippen molar-refractivity contribution < 1.29 is 4.79 Å². The van der Waals surface area contributed by atoms with Gasteiger partial charge in [-0.2, -0.15) is 0 Å². The fourth-order valence-electron chi connectivity index (χ4n) is 3.32. The molecule has 0 radical (unpaired) electrons. The molecule has 1 N–H and O–H groups in total. The van der Waals surface area contributed by atoms with Crippen molar-refractivity contribution in [2.24, 2.45) is 5.92 Å².